The summed E-state index contributed by atoms with van der Waals surface area (Å²) in [7, 11) is 0. The van der Waals surface area contributed by atoms with Gasteiger partial charge in [0.1, 0.15) is 5.15 Å². The Balaban J connectivity index is 1.58. The fourth-order valence-electron chi connectivity index (χ4n) is 2.66. The highest BCUT2D eigenvalue weighted by Gasteiger charge is 2.30. The van der Waals surface area contributed by atoms with E-state index in [1.54, 1.807) is 6.20 Å². The number of benzene rings is 1. The van der Waals surface area contributed by atoms with Crippen LogP contribution >= 0.6 is 11.6 Å². The average molecular weight is 273 g/mol. The van der Waals surface area contributed by atoms with E-state index in [1.807, 2.05) is 12.1 Å². The van der Waals surface area contributed by atoms with E-state index in [0.717, 1.165) is 5.69 Å². The summed E-state index contributed by atoms with van der Waals surface area (Å²) in [6.07, 6.45) is 4.11. The van der Waals surface area contributed by atoms with Gasteiger partial charge in [-0.15, -0.1) is 0 Å². The molecule has 1 aromatic heterocycles. The fourth-order valence-corrected chi connectivity index (χ4v) is 2.83. The number of pyridine rings is 1. The van der Waals surface area contributed by atoms with Crippen molar-refractivity contribution >= 4 is 17.3 Å². The average Bonchev–Trinajstić information content (AvgIpc) is 2.33. The third-order valence-corrected chi connectivity index (χ3v) is 3.96. The molecule has 0 bridgehead atoms. The van der Waals surface area contributed by atoms with Gasteiger partial charge in [0.2, 0.25) is 0 Å². The molecule has 2 aromatic rings. The first kappa shape index (κ1) is 12.5. The number of nitrogens with zero attached hydrogens (tertiary/aromatic N) is 1. The lowest BCUT2D eigenvalue weighted by molar-refractivity contribution is 0.374. The van der Waals surface area contributed by atoms with Crippen LogP contribution in [0.1, 0.15) is 29.9 Å². The number of hydrogen-bond acceptors (Lipinski definition) is 2. The second-order valence-electron chi connectivity index (χ2n) is 5.29. The number of halogens is 1. The van der Waals surface area contributed by atoms with Crippen molar-refractivity contribution in [2.75, 3.05) is 5.32 Å². The Hall–Kier alpha value is -1.54. The standard InChI is InChI=1S/C16H17ClN2/c1-11-3-2-4-12(7-11)13-8-15(9-13)19-14-5-6-18-16(17)10-14/h2-7,10,13,15H,8-9H2,1H3,(H,18,19). The van der Waals surface area contributed by atoms with Crippen molar-refractivity contribution in [1.29, 1.82) is 0 Å². The van der Waals surface area contributed by atoms with Gasteiger partial charge in [0.25, 0.3) is 0 Å². The Bertz CT molecular complexity index is 576. The van der Waals surface area contributed by atoms with Crippen molar-refractivity contribution in [3.8, 4) is 0 Å². The Morgan fingerprint density at radius 3 is 2.79 bits per heavy atom. The monoisotopic (exact) mass is 272 g/mol. The van der Waals surface area contributed by atoms with Gasteiger partial charge in [-0.05, 0) is 43.4 Å². The van der Waals surface area contributed by atoms with Crippen molar-refractivity contribution in [3.63, 3.8) is 0 Å². The molecular weight excluding hydrogens is 256 g/mol. The summed E-state index contributed by atoms with van der Waals surface area (Å²) >= 11 is 5.88. The van der Waals surface area contributed by atoms with Gasteiger partial charge in [0, 0.05) is 17.9 Å². The maximum atomic E-state index is 5.88. The highest BCUT2D eigenvalue weighted by atomic mass is 35.5. The molecule has 0 spiro atoms. The summed E-state index contributed by atoms with van der Waals surface area (Å²) in [5.74, 6) is 0.690. The largest absolute Gasteiger partial charge is 0.382 e. The van der Waals surface area contributed by atoms with E-state index in [-0.39, 0.29) is 0 Å². The van der Waals surface area contributed by atoms with Crippen LogP contribution in [0.2, 0.25) is 5.15 Å². The zero-order valence-electron chi connectivity index (χ0n) is 10.9. The smallest absolute Gasteiger partial charge is 0.131 e. The highest BCUT2D eigenvalue weighted by molar-refractivity contribution is 6.29. The molecule has 3 heteroatoms. The minimum Gasteiger partial charge on any atom is -0.382 e. The predicted molar refractivity (Wildman–Crippen MR) is 79.8 cm³/mol. The van der Waals surface area contributed by atoms with Gasteiger partial charge < -0.3 is 5.32 Å². The zero-order valence-corrected chi connectivity index (χ0v) is 11.7. The van der Waals surface area contributed by atoms with E-state index in [9.17, 15) is 0 Å². The first-order chi connectivity index (χ1) is 9.20. The number of aromatic nitrogens is 1. The van der Waals surface area contributed by atoms with Gasteiger partial charge in [-0.25, -0.2) is 4.98 Å². The van der Waals surface area contributed by atoms with Crippen molar-refractivity contribution in [2.45, 2.75) is 31.7 Å². The fraction of sp³-hybridized carbons (Fsp3) is 0.312. The van der Waals surface area contributed by atoms with E-state index >= 15 is 0 Å². The first-order valence-corrected chi connectivity index (χ1v) is 7.03. The summed E-state index contributed by atoms with van der Waals surface area (Å²) < 4.78 is 0. The first-order valence-electron chi connectivity index (χ1n) is 6.65. The van der Waals surface area contributed by atoms with Crippen LogP contribution < -0.4 is 5.32 Å². The number of anilines is 1. The third-order valence-electron chi connectivity index (χ3n) is 3.75. The van der Waals surface area contributed by atoms with Crippen molar-refractivity contribution in [2.24, 2.45) is 0 Å². The molecule has 0 saturated heterocycles. The molecule has 1 N–H and O–H groups in total. The Kier molecular flexibility index (Phi) is 3.43. The Labute approximate surface area is 118 Å². The van der Waals surface area contributed by atoms with Crippen molar-refractivity contribution < 1.29 is 0 Å². The number of rotatable bonds is 3. The lowest BCUT2D eigenvalue weighted by Crippen LogP contribution is -2.34. The minimum absolute atomic E-state index is 0.541. The summed E-state index contributed by atoms with van der Waals surface area (Å²) in [5.41, 5.74) is 3.87. The topological polar surface area (TPSA) is 24.9 Å². The van der Waals surface area contributed by atoms with Crippen LogP contribution in [0, 0.1) is 6.92 Å². The van der Waals surface area contributed by atoms with Crippen LogP contribution in [-0.2, 0) is 0 Å². The van der Waals surface area contributed by atoms with E-state index in [2.05, 4.69) is 41.5 Å². The Morgan fingerprint density at radius 1 is 1.21 bits per heavy atom. The zero-order chi connectivity index (χ0) is 13.2. The molecule has 19 heavy (non-hydrogen) atoms. The molecule has 0 atom stereocenters. The molecule has 0 amide bonds. The second-order valence-corrected chi connectivity index (χ2v) is 5.68. The second kappa shape index (κ2) is 5.22. The molecule has 0 aliphatic heterocycles. The van der Waals surface area contributed by atoms with Crippen molar-refractivity contribution in [1.82, 2.24) is 4.98 Å². The lowest BCUT2D eigenvalue weighted by atomic mass is 9.75. The highest BCUT2D eigenvalue weighted by Crippen LogP contribution is 2.38. The SMILES string of the molecule is Cc1cccc(C2CC(Nc3ccnc(Cl)c3)C2)c1. The Morgan fingerprint density at radius 2 is 2.05 bits per heavy atom. The van der Waals surface area contributed by atoms with Gasteiger partial charge in [-0.2, -0.15) is 0 Å². The predicted octanol–water partition coefficient (Wildman–Crippen LogP) is 4.40. The van der Waals surface area contributed by atoms with Gasteiger partial charge in [-0.1, -0.05) is 41.4 Å². The van der Waals surface area contributed by atoms with Crippen LogP contribution in [0.4, 0.5) is 5.69 Å². The number of hydrogen-bond donors (Lipinski definition) is 1. The molecule has 0 unspecified atom stereocenters. The molecule has 1 aliphatic carbocycles. The van der Waals surface area contributed by atoms with Crippen LogP contribution in [0.3, 0.4) is 0 Å². The normalized spacial score (nSPS) is 21.8. The molecule has 98 valence electrons. The molecule has 1 aliphatic rings. The van der Waals surface area contributed by atoms with Gasteiger partial charge in [0.05, 0.1) is 0 Å². The maximum absolute atomic E-state index is 5.88. The summed E-state index contributed by atoms with van der Waals surface area (Å²) in [6.45, 7) is 2.15. The molecule has 0 radical (unpaired) electrons. The third kappa shape index (κ3) is 2.90. The molecule has 1 aromatic carbocycles. The van der Waals surface area contributed by atoms with E-state index in [1.165, 1.54) is 24.0 Å². The maximum Gasteiger partial charge on any atom is 0.131 e. The summed E-state index contributed by atoms with van der Waals surface area (Å²) in [5, 5.41) is 4.05. The number of nitrogens with one attached hydrogen (secondary N) is 1. The molecule has 1 heterocycles. The van der Waals surface area contributed by atoms with E-state index in [0.29, 0.717) is 17.1 Å². The van der Waals surface area contributed by atoms with Crippen LogP contribution in [-0.4, -0.2) is 11.0 Å². The molecule has 3 rings (SSSR count). The molecular formula is C16H17ClN2. The van der Waals surface area contributed by atoms with Crippen molar-refractivity contribution in [3.05, 3.63) is 58.9 Å². The van der Waals surface area contributed by atoms with Gasteiger partial charge >= 0.3 is 0 Å². The van der Waals surface area contributed by atoms with Gasteiger partial charge in [-0.3, -0.25) is 0 Å². The molecule has 2 nitrogen and oxygen atoms in total. The quantitative estimate of drug-likeness (QED) is 0.838. The lowest BCUT2D eigenvalue weighted by Gasteiger charge is -2.37. The van der Waals surface area contributed by atoms with E-state index < -0.39 is 0 Å². The van der Waals surface area contributed by atoms with E-state index in [4.69, 9.17) is 11.6 Å². The minimum atomic E-state index is 0.541. The molecule has 1 fully saturated rings. The van der Waals surface area contributed by atoms with Gasteiger partial charge in [0.15, 0.2) is 0 Å². The van der Waals surface area contributed by atoms with Crippen LogP contribution in [0.15, 0.2) is 42.6 Å². The van der Waals surface area contributed by atoms with Crippen LogP contribution in [0.5, 0.6) is 0 Å². The summed E-state index contributed by atoms with van der Waals surface area (Å²) in [4.78, 5) is 3.99. The van der Waals surface area contributed by atoms with Crippen LogP contribution in [0.25, 0.3) is 0 Å². The number of aryl methyl sites for hydroxylation is 1. The summed E-state index contributed by atoms with van der Waals surface area (Å²) in [6, 6.07) is 13.2. The molecule has 1 saturated carbocycles.